The molecule has 2 nitrogen and oxygen atoms in total. The van der Waals surface area contributed by atoms with Crippen molar-refractivity contribution < 1.29 is 5.11 Å². The van der Waals surface area contributed by atoms with Gasteiger partial charge in [0.2, 0.25) is 0 Å². The van der Waals surface area contributed by atoms with Crippen molar-refractivity contribution in [1.82, 2.24) is 0 Å². The molecule has 0 aromatic rings. The van der Waals surface area contributed by atoms with E-state index in [-0.39, 0.29) is 0 Å². The van der Waals surface area contributed by atoms with Crippen molar-refractivity contribution in [3.05, 3.63) is 23.3 Å². The van der Waals surface area contributed by atoms with Crippen molar-refractivity contribution in [2.75, 3.05) is 0 Å². The van der Waals surface area contributed by atoms with Crippen molar-refractivity contribution in [2.45, 2.75) is 59.1 Å². The zero-order valence-electron chi connectivity index (χ0n) is 10.3. The fraction of sp³-hybridized carbons (Fsp3) is 0.692. The Labute approximate surface area is 93.9 Å². The summed E-state index contributed by atoms with van der Waals surface area (Å²) in [5, 5.41) is 8.87. The van der Waals surface area contributed by atoms with Gasteiger partial charge in [-0.3, -0.25) is 0 Å². The van der Waals surface area contributed by atoms with E-state index in [1.165, 1.54) is 11.1 Å². The average Bonchev–Trinajstić information content (AvgIpc) is 2.11. The fourth-order valence-electron chi connectivity index (χ4n) is 1.37. The lowest BCUT2D eigenvalue weighted by Gasteiger charge is -2.02. The molecular weight excluding hydrogens is 186 g/mol. The third kappa shape index (κ3) is 11.3. The summed E-state index contributed by atoms with van der Waals surface area (Å²) in [4.78, 5) is 0. The number of hydrogen-bond acceptors (Lipinski definition) is 2. The van der Waals surface area contributed by atoms with Gasteiger partial charge < -0.3 is 10.8 Å². The van der Waals surface area contributed by atoms with Crippen molar-refractivity contribution in [2.24, 2.45) is 5.73 Å². The number of aliphatic hydroxyl groups is 1. The van der Waals surface area contributed by atoms with Gasteiger partial charge in [-0.15, -0.1) is 0 Å². The predicted molar refractivity (Wildman–Crippen MR) is 66.5 cm³/mol. The molecule has 0 spiro atoms. The van der Waals surface area contributed by atoms with Crippen LogP contribution in [0.2, 0.25) is 0 Å². The molecule has 0 aliphatic rings. The van der Waals surface area contributed by atoms with E-state index in [2.05, 4.69) is 32.9 Å². The summed E-state index contributed by atoms with van der Waals surface area (Å²) in [5.41, 5.74) is 8.06. The highest BCUT2D eigenvalue weighted by atomic mass is 16.3. The number of nitrogens with two attached hydrogens (primary N) is 1. The number of rotatable bonds is 7. The Hall–Kier alpha value is -0.600. The van der Waals surface area contributed by atoms with Crippen molar-refractivity contribution >= 4 is 0 Å². The first-order valence-corrected chi connectivity index (χ1v) is 5.75. The molecule has 0 aliphatic heterocycles. The number of hydrogen-bond donors (Lipinski definition) is 2. The Morgan fingerprint density at radius 1 is 1.20 bits per heavy atom. The summed E-state index contributed by atoms with van der Waals surface area (Å²) >= 11 is 0. The van der Waals surface area contributed by atoms with Crippen LogP contribution in [0.1, 0.15) is 52.9 Å². The van der Waals surface area contributed by atoms with Gasteiger partial charge in [0.25, 0.3) is 0 Å². The van der Waals surface area contributed by atoms with Crippen LogP contribution in [0, 0.1) is 0 Å². The first-order valence-electron chi connectivity index (χ1n) is 5.75. The lowest BCUT2D eigenvalue weighted by atomic mass is 10.1. The number of aliphatic hydroxyl groups excluding tert-OH is 1. The molecule has 0 amide bonds. The molecule has 0 saturated carbocycles. The van der Waals surface area contributed by atoms with E-state index in [0.29, 0.717) is 6.42 Å². The van der Waals surface area contributed by atoms with Crippen LogP contribution in [0.25, 0.3) is 0 Å². The summed E-state index contributed by atoms with van der Waals surface area (Å²) in [5.74, 6) is 0. The lowest BCUT2D eigenvalue weighted by molar-refractivity contribution is 0.169. The first-order chi connectivity index (χ1) is 7.02. The SMILES string of the molecule is CC(C)=CCC/C(C)=C/CCCC(N)O. The van der Waals surface area contributed by atoms with Gasteiger partial charge in [-0.1, -0.05) is 23.3 Å². The standard InChI is InChI=1S/C13H25NO/c1-11(2)7-6-9-12(3)8-4-5-10-13(14)15/h7-8,13,15H,4-6,9-10,14H2,1-3H3/b12-8+. The van der Waals surface area contributed by atoms with Gasteiger partial charge in [0.15, 0.2) is 0 Å². The summed E-state index contributed by atoms with van der Waals surface area (Å²) in [6.45, 7) is 6.42. The Kier molecular flexibility index (Phi) is 8.34. The molecule has 0 rings (SSSR count). The monoisotopic (exact) mass is 211 g/mol. The minimum absolute atomic E-state index is 0.649. The normalized spacial score (nSPS) is 13.8. The maximum Gasteiger partial charge on any atom is 0.102 e. The molecule has 15 heavy (non-hydrogen) atoms. The van der Waals surface area contributed by atoms with E-state index in [4.69, 9.17) is 10.8 Å². The molecule has 0 radical (unpaired) electrons. The highest BCUT2D eigenvalue weighted by molar-refractivity contribution is 5.01. The zero-order chi connectivity index (χ0) is 11.7. The fourth-order valence-corrected chi connectivity index (χ4v) is 1.37. The lowest BCUT2D eigenvalue weighted by Crippen LogP contribution is -2.17. The van der Waals surface area contributed by atoms with Crippen LogP contribution < -0.4 is 5.73 Å². The van der Waals surface area contributed by atoms with Crippen LogP contribution in [0.3, 0.4) is 0 Å². The van der Waals surface area contributed by atoms with Gasteiger partial charge in [0, 0.05) is 0 Å². The summed E-state index contributed by atoms with van der Waals surface area (Å²) < 4.78 is 0. The Morgan fingerprint density at radius 2 is 1.87 bits per heavy atom. The van der Waals surface area contributed by atoms with E-state index in [0.717, 1.165) is 25.7 Å². The Morgan fingerprint density at radius 3 is 2.40 bits per heavy atom. The Bertz CT molecular complexity index is 213. The third-order valence-corrected chi connectivity index (χ3v) is 2.29. The predicted octanol–water partition coefficient (Wildman–Crippen LogP) is 3.13. The molecule has 0 aromatic carbocycles. The Balaban J connectivity index is 3.57. The smallest absolute Gasteiger partial charge is 0.102 e. The van der Waals surface area contributed by atoms with Gasteiger partial charge >= 0.3 is 0 Å². The van der Waals surface area contributed by atoms with E-state index in [1.807, 2.05) is 0 Å². The minimum atomic E-state index is -0.649. The van der Waals surface area contributed by atoms with Gasteiger partial charge in [0.1, 0.15) is 6.23 Å². The summed E-state index contributed by atoms with van der Waals surface area (Å²) in [7, 11) is 0. The molecule has 1 atom stereocenters. The molecular formula is C13H25NO. The van der Waals surface area contributed by atoms with Crippen LogP contribution in [-0.4, -0.2) is 11.3 Å². The van der Waals surface area contributed by atoms with E-state index in [1.54, 1.807) is 0 Å². The largest absolute Gasteiger partial charge is 0.379 e. The van der Waals surface area contributed by atoms with Gasteiger partial charge in [-0.25, -0.2) is 0 Å². The minimum Gasteiger partial charge on any atom is -0.379 e. The number of unbranched alkanes of at least 4 members (excludes halogenated alkanes) is 1. The van der Waals surface area contributed by atoms with Gasteiger partial charge in [0.05, 0.1) is 0 Å². The highest BCUT2D eigenvalue weighted by Crippen LogP contribution is 2.09. The molecule has 0 fully saturated rings. The second kappa shape index (κ2) is 8.69. The third-order valence-electron chi connectivity index (χ3n) is 2.29. The van der Waals surface area contributed by atoms with Crippen molar-refractivity contribution in [3.63, 3.8) is 0 Å². The maximum absolute atomic E-state index is 8.87. The molecule has 1 unspecified atom stereocenters. The summed E-state index contributed by atoms with van der Waals surface area (Å²) in [6.07, 6.45) is 8.82. The van der Waals surface area contributed by atoms with E-state index in [9.17, 15) is 0 Å². The van der Waals surface area contributed by atoms with Crippen molar-refractivity contribution in [1.29, 1.82) is 0 Å². The molecule has 0 saturated heterocycles. The van der Waals surface area contributed by atoms with E-state index < -0.39 is 6.23 Å². The van der Waals surface area contributed by atoms with E-state index >= 15 is 0 Å². The van der Waals surface area contributed by atoms with Crippen molar-refractivity contribution in [3.8, 4) is 0 Å². The van der Waals surface area contributed by atoms with Crippen LogP contribution in [0.4, 0.5) is 0 Å². The number of allylic oxidation sites excluding steroid dienone is 4. The van der Waals surface area contributed by atoms with Crippen LogP contribution in [-0.2, 0) is 0 Å². The molecule has 0 aromatic heterocycles. The second-order valence-electron chi connectivity index (χ2n) is 4.37. The molecule has 3 N–H and O–H groups in total. The maximum atomic E-state index is 8.87. The van der Waals surface area contributed by atoms with Crippen LogP contribution >= 0.6 is 0 Å². The average molecular weight is 211 g/mol. The molecule has 0 aliphatic carbocycles. The highest BCUT2D eigenvalue weighted by Gasteiger charge is 1.94. The molecule has 2 heteroatoms. The van der Waals surface area contributed by atoms with Gasteiger partial charge in [-0.2, -0.15) is 0 Å². The molecule has 0 bridgehead atoms. The first kappa shape index (κ1) is 14.4. The summed E-state index contributed by atoms with van der Waals surface area (Å²) in [6, 6.07) is 0. The molecule has 88 valence electrons. The van der Waals surface area contributed by atoms with Gasteiger partial charge in [-0.05, 0) is 52.9 Å². The topological polar surface area (TPSA) is 46.2 Å². The zero-order valence-corrected chi connectivity index (χ0v) is 10.3. The van der Waals surface area contributed by atoms with Crippen LogP contribution in [0.15, 0.2) is 23.3 Å². The van der Waals surface area contributed by atoms with Crippen LogP contribution in [0.5, 0.6) is 0 Å². The molecule has 0 heterocycles. The second-order valence-corrected chi connectivity index (χ2v) is 4.37. The quantitative estimate of drug-likeness (QED) is 0.386.